The van der Waals surface area contributed by atoms with E-state index in [2.05, 4.69) is 34.4 Å². The molecule has 0 N–H and O–H groups in total. The third kappa shape index (κ3) is 16.8. The molecule has 0 rings (SSSR count). The molecule has 12 heavy (non-hydrogen) atoms. The van der Waals surface area contributed by atoms with Crippen molar-refractivity contribution in [3.8, 4) is 0 Å². The zero-order valence-corrected chi connectivity index (χ0v) is 10.6. The van der Waals surface area contributed by atoms with Gasteiger partial charge in [0.1, 0.15) is 0 Å². The molecule has 0 aromatic carbocycles. The molecule has 0 bridgehead atoms. The van der Waals surface area contributed by atoms with E-state index in [1.807, 2.05) is 0 Å². The van der Waals surface area contributed by atoms with E-state index in [0.29, 0.717) is 7.92 Å². The molecular formula is C11H27P. The minimum atomic E-state index is 0.419. The summed E-state index contributed by atoms with van der Waals surface area (Å²) in [5.41, 5.74) is 0. The highest BCUT2D eigenvalue weighted by Crippen LogP contribution is 2.31. The SMILES string of the molecule is CCCC.CCCP(C)CCC. The number of hydrogen-bond donors (Lipinski definition) is 0. The first-order chi connectivity index (χ1) is 5.72. The minimum absolute atomic E-state index is 0.419. The molecular weight excluding hydrogens is 163 g/mol. The van der Waals surface area contributed by atoms with Crippen molar-refractivity contribution >= 4 is 7.92 Å². The van der Waals surface area contributed by atoms with Crippen molar-refractivity contribution in [3.05, 3.63) is 0 Å². The standard InChI is InChI=1S/C7H17P.C4H10/c1-4-6-8(3)7-5-2;1-3-4-2/h4-7H2,1-3H3;3-4H2,1-2H3. The van der Waals surface area contributed by atoms with Gasteiger partial charge in [-0.1, -0.05) is 53.4 Å². The van der Waals surface area contributed by atoms with Gasteiger partial charge < -0.3 is 0 Å². The van der Waals surface area contributed by atoms with Gasteiger partial charge in [-0.25, -0.2) is 0 Å². The third-order valence-corrected chi connectivity index (χ3v) is 4.13. The average Bonchev–Trinajstić information content (AvgIpc) is 2.06. The molecule has 0 fully saturated rings. The van der Waals surface area contributed by atoms with Crippen molar-refractivity contribution in [2.75, 3.05) is 19.0 Å². The summed E-state index contributed by atoms with van der Waals surface area (Å²) < 4.78 is 0. The van der Waals surface area contributed by atoms with E-state index in [9.17, 15) is 0 Å². The Morgan fingerprint density at radius 2 is 1.00 bits per heavy atom. The molecule has 0 aliphatic carbocycles. The molecule has 0 aromatic heterocycles. The van der Waals surface area contributed by atoms with Gasteiger partial charge in [0.25, 0.3) is 0 Å². The fourth-order valence-corrected chi connectivity index (χ4v) is 2.63. The van der Waals surface area contributed by atoms with Crippen molar-refractivity contribution in [1.82, 2.24) is 0 Å². The lowest BCUT2D eigenvalue weighted by molar-refractivity contribution is 0.886. The first-order valence-electron chi connectivity index (χ1n) is 5.41. The van der Waals surface area contributed by atoms with Crippen LogP contribution in [0.25, 0.3) is 0 Å². The van der Waals surface area contributed by atoms with E-state index in [1.54, 1.807) is 0 Å². The van der Waals surface area contributed by atoms with Gasteiger partial charge in [-0.2, -0.15) is 0 Å². The number of hydrogen-bond acceptors (Lipinski definition) is 0. The van der Waals surface area contributed by atoms with Gasteiger partial charge in [0.2, 0.25) is 0 Å². The van der Waals surface area contributed by atoms with Crippen LogP contribution in [0, 0.1) is 0 Å². The van der Waals surface area contributed by atoms with Crippen LogP contribution in [0.2, 0.25) is 0 Å². The largest absolute Gasteiger partial charge is 0.110 e. The fourth-order valence-electron chi connectivity index (χ4n) is 0.875. The second-order valence-electron chi connectivity index (χ2n) is 3.30. The first kappa shape index (κ1) is 14.9. The molecule has 0 spiro atoms. The molecule has 0 heterocycles. The zero-order valence-electron chi connectivity index (χ0n) is 9.69. The van der Waals surface area contributed by atoms with Crippen molar-refractivity contribution in [2.24, 2.45) is 0 Å². The molecule has 0 saturated heterocycles. The summed E-state index contributed by atoms with van der Waals surface area (Å²) in [6, 6.07) is 0. The van der Waals surface area contributed by atoms with Crippen LogP contribution in [0.1, 0.15) is 53.4 Å². The van der Waals surface area contributed by atoms with Crippen molar-refractivity contribution in [3.63, 3.8) is 0 Å². The van der Waals surface area contributed by atoms with Gasteiger partial charge in [0.05, 0.1) is 0 Å². The van der Waals surface area contributed by atoms with Crippen molar-refractivity contribution in [2.45, 2.75) is 53.4 Å². The van der Waals surface area contributed by atoms with Crippen LogP contribution in [0.15, 0.2) is 0 Å². The summed E-state index contributed by atoms with van der Waals surface area (Å²) in [7, 11) is 0.419. The summed E-state index contributed by atoms with van der Waals surface area (Å²) in [5.74, 6) is 0. The molecule has 76 valence electrons. The van der Waals surface area contributed by atoms with E-state index < -0.39 is 0 Å². The normalized spacial score (nSPS) is 9.50. The average molecular weight is 190 g/mol. The van der Waals surface area contributed by atoms with Gasteiger partial charge >= 0.3 is 0 Å². The minimum Gasteiger partial charge on any atom is -0.110 e. The molecule has 0 nitrogen and oxygen atoms in total. The fraction of sp³-hybridized carbons (Fsp3) is 1.00. The Morgan fingerprint density at radius 1 is 0.667 bits per heavy atom. The maximum Gasteiger partial charge on any atom is -0.0331 e. The molecule has 0 aromatic rings. The predicted molar refractivity (Wildman–Crippen MR) is 63.7 cm³/mol. The van der Waals surface area contributed by atoms with Gasteiger partial charge in [-0.05, 0) is 19.0 Å². The topological polar surface area (TPSA) is 0 Å². The lowest BCUT2D eigenvalue weighted by Crippen LogP contribution is -1.84. The van der Waals surface area contributed by atoms with Crippen LogP contribution in [0.3, 0.4) is 0 Å². The zero-order chi connectivity index (χ0) is 9.82. The lowest BCUT2D eigenvalue weighted by atomic mass is 10.4. The van der Waals surface area contributed by atoms with Crippen LogP contribution >= 0.6 is 7.92 Å². The van der Waals surface area contributed by atoms with Gasteiger partial charge in [0.15, 0.2) is 0 Å². The summed E-state index contributed by atoms with van der Waals surface area (Å²) >= 11 is 0. The van der Waals surface area contributed by atoms with E-state index in [0.717, 1.165) is 0 Å². The molecule has 0 unspecified atom stereocenters. The summed E-state index contributed by atoms with van der Waals surface area (Å²) in [5, 5.41) is 0. The van der Waals surface area contributed by atoms with Crippen LogP contribution < -0.4 is 0 Å². The van der Waals surface area contributed by atoms with Crippen molar-refractivity contribution in [1.29, 1.82) is 0 Å². The molecule has 1 heteroatoms. The predicted octanol–water partition coefficient (Wildman–Crippen LogP) is 4.72. The molecule has 0 atom stereocenters. The third-order valence-electron chi connectivity index (χ3n) is 1.71. The number of unbranched alkanes of at least 4 members (excludes halogenated alkanes) is 1. The maximum absolute atomic E-state index is 2.41. The quantitative estimate of drug-likeness (QED) is 0.550. The smallest absolute Gasteiger partial charge is 0.0331 e. The summed E-state index contributed by atoms with van der Waals surface area (Å²) in [4.78, 5) is 0. The van der Waals surface area contributed by atoms with E-state index in [1.165, 1.54) is 38.0 Å². The van der Waals surface area contributed by atoms with Crippen molar-refractivity contribution < 1.29 is 0 Å². The molecule has 0 saturated carbocycles. The second-order valence-corrected chi connectivity index (χ2v) is 5.91. The number of rotatable bonds is 5. The van der Waals surface area contributed by atoms with Gasteiger partial charge in [-0.3, -0.25) is 0 Å². The molecule has 0 amide bonds. The highest BCUT2D eigenvalue weighted by Gasteiger charge is 1.94. The van der Waals surface area contributed by atoms with Crippen LogP contribution in [-0.2, 0) is 0 Å². The first-order valence-corrected chi connectivity index (χ1v) is 7.57. The van der Waals surface area contributed by atoms with Gasteiger partial charge in [0, 0.05) is 0 Å². The molecule has 0 aliphatic heterocycles. The Morgan fingerprint density at radius 3 is 1.17 bits per heavy atom. The second kappa shape index (κ2) is 14.0. The Labute approximate surface area is 80.9 Å². The maximum atomic E-state index is 2.41. The summed E-state index contributed by atoms with van der Waals surface area (Å²) in [6.45, 7) is 11.3. The highest BCUT2D eigenvalue weighted by molar-refractivity contribution is 7.56. The Bertz CT molecular complexity index is 54.0. The molecule has 0 aliphatic rings. The highest BCUT2D eigenvalue weighted by atomic mass is 31.1. The van der Waals surface area contributed by atoms with Gasteiger partial charge in [-0.15, -0.1) is 7.92 Å². The van der Waals surface area contributed by atoms with Crippen LogP contribution in [0.5, 0.6) is 0 Å². The van der Waals surface area contributed by atoms with Crippen LogP contribution in [0.4, 0.5) is 0 Å². The van der Waals surface area contributed by atoms with Crippen LogP contribution in [-0.4, -0.2) is 19.0 Å². The Kier molecular flexibility index (Phi) is 17.4. The summed E-state index contributed by atoms with van der Waals surface area (Å²) in [6.07, 6.45) is 8.34. The Balaban J connectivity index is 0. The Hall–Kier alpha value is 0.430. The lowest BCUT2D eigenvalue weighted by Gasteiger charge is -2.06. The monoisotopic (exact) mass is 190 g/mol. The van der Waals surface area contributed by atoms with E-state index in [4.69, 9.17) is 0 Å². The van der Waals surface area contributed by atoms with E-state index in [-0.39, 0.29) is 0 Å². The molecule has 0 radical (unpaired) electrons. The van der Waals surface area contributed by atoms with E-state index >= 15 is 0 Å².